The van der Waals surface area contributed by atoms with Crippen LogP contribution in [0.15, 0.2) is 49.3 Å². The van der Waals surface area contributed by atoms with E-state index in [1.807, 2.05) is 6.07 Å². The lowest BCUT2D eigenvalue weighted by Crippen LogP contribution is -2.17. The second-order valence-corrected chi connectivity index (χ2v) is 6.75. The fourth-order valence-corrected chi connectivity index (χ4v) is 3.06. The van der Waals surface area contributed by atoms with Crippen LogP contribution in [-0.4, -0.2) is 21.9 Å². The quantitative estimate of drug-likeness (QED) is 0.434. The highest BCUT2D eigenvalue weighted by Crippen LogP contribution is 2.28. The summed E-state index contributed by atoms with van der Waals surface area (Å²) in [6, 6.07) is 8.71. The first-order valence-corrected chi connectivity index (χ1v) is 9.18. The molecule has 162 valence electrons. The molecule has 0 unspecified atom stereocenters. The van der Waals surface area contributed by atoms with Gasteiger partial charge in [0.15, 0.2) is 0 Å². The van der Waals surface area contributed by atoms with Gasteiger partial charge in [-0.25, -0.2) is 9.07 Å². The van der Waals surface area contributed by atoms with Crippen molar-refractivity contribution in [2.45, 2.75) is 13.5 Å². The molecular formula is C22H17F3N6O. The minimum atomic E-state index is -2.81. The summed E-state index contributed by atoms with van der Waals surface area (Å²) in [5.41, 5.74) is 1.49. The monoisotopic (exact) mass is 438 g/mol. The van der Waals surface area contributed by atoms with E-state index in [1.165, 1.54) is 30.5 Å². The van der Waals surface area contributed by atoms with Gasteiger partial charge in [0.2, 0.25) is 0 Å². The summed E-state index contributed by atoms with van der Waals surface area (Å²) in [6.07, 6.45) is 3.32. The smallest absolute Gasteiger partial charge is 0.333 e. The molecule has 32 heavy (non-hydrogen) atoms. The summed E-state index contributed by atoms with van der Waals surface area (Å²) >= 11 is 0. The third-order valence-corrected chi connectivity index (χ3v) is 4.48. The third-order valence-electron chi connectivity index (χ3n) is 4.48. The first kappa shape index (κ1) is 22.3. The summed E-state index contributed by atoms with van der Waals surface area (Å²) in [6.45, 7) is 2.49. The van der Waals surface area contributed by atoms with Crippen LogP contribution in [0.1, 0.15) is 40.5 Å². The lowest BCUT2D eigenvalue weighted by atomic mass is 9.95. The van der Waals surface area contributed by atoms with Gasteiger partial charge in [-0.15, -0.1) is 0 Å². The largest absolute Gasteiger partial charge is 0.352 e. The highest BCUT2D eigenvalue weighted by molar-refractivity contribution is 6.08. The number of nitrogens with one attached hydrogen (secondary N) is 3. The van der Waals surface area contributed by atoms with E-state index in [9.17, 15) is 23.2 Å². The summed E-state index contributed by atoms with van der Waals surface area (Å²) in [7, 11) is 0. The van der Waals surface area contributed by atoms with Crippen molar-refractivity contribution in [1.29, 1.82) is 10.7 Å². The average Bonchev–Trinajstić information content (AvgIpc) is 3.22. The molecule has 0 atom stereocenters. The maximum atomic E-state index is 14.5. The van der Waals surface area contributed by atoms with Crippen LogP contribution in [-0.2, 0) is 0 Å². The SMILES string of the molecule is C=C(C)c1c(C#N)ccc(F)c1C(=O)Nc1ccc(C=N)c(Nc2cnn(C(F)F)c2)c1. The van der Waals surface area contributed by atoms with E-state index in [-0.39, 0.29) is 28.1 Å². The number of nitrogens with zero attached hydrogens (tertiary/aromatic N) is 3. The summed E-state index contributed by atoms with van der Waals surface area (Å²) in [5.74, 6) is -1.61. The molecule has 7 nitrogen and oxygen atoms in total. The van der Waals surface area contributed by atoms with Crippen molar-refractivity contribution < 1.29 is 18.0 Å². The number of allylic oxidation sites excluding steroid dienone is 1. The third kappa shape index (κ3) is 4.52. The fourth-order valence-electron chi connectivity index (χ4n) is 3.06. The molecule has 3 rings (SSSR count). The van der Waals surface area contributed by atoms with Crippen molar-refractivity contribution in [3.05, 3.63) is 77.4 Å². The normalized spacial score (nSPS) is 10.5. The number of amides is 1. The number of carbonyl (C=O) groups excluding carboxylic acids is 1. The second kappa shape index (κ2) is 9.18. The number of benzene rings is 2. The zero-order chi connectivity index (χ0) is 23.4. The van der Waals surface area contributed by atoms with Crippen LogP contribution in [0.4, 0.5) is 30.2 Å². The number of aromatic nitrogens is 2. The minimum Gasteiger partial charge on any atom is -0.352 e. The van der Waals surface area contributed by atoms with Gasteiger partial charge >= 0.3 is 6.55 Å². The fraction of sp³-hybridized carbons (Fsp3) is 0.0909. The molecule has 0 aliphatic heterocycles. The van der Waals surface area contributed by atoms with Gasteiger partial charge in [0.1, 0.15) is 5.82 Å². The molecule has 1 aromatic heterocycles. The van der Waals surface area contributed by atoms with Crippen LogP contribution in [0, 0.1) is 22.6 Å². The second-order valence-electron chi connectivity index (χ2n) is 6.75. The van der Waals surface area contributed by atoms with E-state index in [4.69, 9.17) is 5.41 Å². The number of rotatable bonds is 7. The van der Waals surface area contributed by atoms with E-state index in [0.29, 0.717) is 21.5 Å². The molecule has 3 aromatic rings. The van der Waals surface area contributed by atoms with E-state index >= 15 is 0 Å². The van der Waals surface area contributed by atoms with Gasteiger partial charge in [0, 0.05) is 28.7 Å². The van der Waals surface area contributed by atoms with E-state index in [0.717, 1.165) is 18.5 Å². The number of halogens is 3. The zero-order valence-electron chi connectivity index (χ0n) is 16.8. The number of nitriles is 1. The number of anilines is 3. The Bertz CT molecular complexity index is 1260. The molecular weight excluding hydrogens is 421 g/mol. The molecule has 1 amide bonds. The topological polar surface area (TPSA) is 107 Å². The van der Waals surface area contributed by atoms with Crippen LogP contribution in [0.25, 0.3) is 5.57 Å². The van der Waals surface area contributed by atoms with E-state index in [1.54, 1.807) is 6.92 Å². The number of carbonyl (C=O) groups is 1. The van der Waals surface area contributed by atoms with Gasteiger partial charge in [-0.2, -0.15) is 19.1 Å². The van der Waals surface area contributed by atoms with Gasteiger partial charge in [0.25, 0.3) is 5.91 Å². The Morgan fingerprint density at radius 2 is 2.03 bits per heavy atom. The van der Waals surface area contributed by atoms with Crippen LogP contribution in [0.5, 0.6) is 0 Å². The molecule has 0 bridgehead atoms. The highest BCUT2D eigenvalue weighted by atomic mass is 19.3. The van der Waals surface area contributed by atoms with Gasteiger partial charge < -0.3 is 16.0 Å². The van der Waals surface area contributed by atoms with Crippen LogP contribution < -0.4 is 10.6 Å². The standard InChI is InChI=1S/C22H17F3N6O/c1-12(2)19-14(9-27)4-6-17(23)20(19)21(32)30-15-5-3-13(8-26)18(7-15)29-16-10-28-31(11-16)22(24)25/h3-8,10-11,22,26,29H,1H2,2H3,(H,30,32). The van der Waals surface area contributed by atoms with E-state index in [2.05, 4.69) is 22.3 Å². The first-order chi connectivity index (χ1) is 15.2. The Morgan fingerprint density at radius 3 is 2.62 bits per heavy atom. The lowest BCUT2D eigenvalue weighted by Gasteiger charge is -2.14. The number of hydrogen-bond donors (Lipinski definition) is 3. The van der Waals surface area contributed by atoms with Gasteiger partial charge in [-0.3, -0.25) is 4.79 Å². The van der Waals surface area contributed by atoms with Crippen molar-refractivity contribution >= 4 is 34.8 Å². The first-order valence-electron chi connectivity index (χ1n) is 9.18. The van der Waals surface area contributed by atoms with Crippen molar-refractivity contribution in [3.63, 3.8) is 0 Å². The molecule has 0 saturated heterocycles. The molecule has 0 saturated carbocycles. The van der Waals surface area contributed by atoms with Crippen molar-refractivity contribution in [2.24, 2.45) is 0 Å². The molecule has 2 aromatic carbocycles. The maximum absolute atomic E-state index is 14.5. The van der Waals surface area contributed by atoms with Crippen LogP contribution in [0.3, 0.4) is 0 Å². The Balaban J connectivity index is 1.94. The maximum Gasteiger partial charge on any atom is 0.333 e. The summed E-state index contributed by atoms with van der Waals surface area (Å²) in [4.78, 5) is 12.9. The van der Waals surface area contributed by atoms with Crippen LogP contribution >= 0.6 is 0 Å². The van der Waals surface area contributed by atoms with Gasteiger partial charge in [-0.1, -0.05) is 6.58 Å². The molecule has 1 heterocycles. The van der Waals surface area contributed by atoms with Gasteiger partial charge in [-0.05, 0) is 42.8 Å². The van der Waals surface area contributed by atoms with Crippen molar-refractivity contribution in [2.75, 3.05) is 10.6 Å². The Labute approximate surface area is 181 Å². The summed E-state index contributed by atoms with van der Waals surface area (Å²) < 4.78 is 40.5. The molecule has 0 radical (unpaired) electrons. The van der Waals surface area contributed by atoms with E-state index < -0.39 is 18.3 Å². The van der Waals surface area contributed by atoms with Crippen LogP contribution in [0.2, 0.25) is 0 Å². The molecule has 3 N–H and O–H groups in total. The molecule has 0 spiro atoms. The predicted molar refractivity (Wildman–Crippen MR) is 115 cm³/mol. The molecule has 10 heteroatoms. The minimum absolute atomic E-state index is 0.110. The zero-order valence-corrected chi connectivity index (χ0v) is 16.8. The predicted octanol–water partition coefficient (Wildman–Crippen LogP) is 5.32. The number of hydrogen-bond acceptors (Lipinski definition) is 5. The van der Waals surface area contributed by atoms with Gasteiger partial charge in [0.05, 0.1) is 35.3 Å². The molecule has 0 fully saturated rings. The van der Waals surface area contributed by atoms with Crippen molar-refractivity contribution in [1.82, 2.24) is 9.78 Å². The molecule has 0 aliphatic rings. The Morgan fingerprint density at radius 1 is 1.28 bits per heavy atom. The Kier molecular flexibility index (Phi) is 6.39. The lowest BCUT2D eigenvalue weighted by molar-refractivity contribution is 0.0566. The average molecular weight is 438 g/mol. The summed E-state index contributed by atoms with van der Waals surface area (Å²) in [5, 5.41) is 25.8. The number of alkyl halides is 2. The molecule has 0 aliphatic carbocycles. The van der Waals surface area contributed by atoms with Crippen molar-refractivity contribution in [3.8, 4) is 6.07 Å². The highest BCUT2D eigenvalue weighted by Gasteiger charge is 2.21. The Hall–Kier alpha value is -4.39.